The van der Waals surface area contributed by atoms with Gasteiger partial charge >= 0.3 is 0 Å². The molecule has 132 valence electrons. The van der Waals surface area contributed by atoms with Crippen molar-refractivity contribution < 1.29 is 9.53 Å². The monoisotopic (exact) mass is 385 g/mol. The number of carbonyl (C=O) groups excluding carboxylic acids is 1. The molecule has 1 aromatic heterocycles. The Kier molecular flexibility index (Phi) is 5.99. The fraction of sp³-hybridized carbons (Fsp3) is 0.105. The lowest BCUT2D eigenvalue weighted by Crippen LogP contribution is -2.24. The largest absolute Gasteiger partial charge is 0.484 e. The molecule has 3 rings (SSSR count). The van der Waals surface area contributed by atoms with Crippen LogP contribution in [0, 0.1) is 6.92 Å². The second kappa shape index (κ2) is 8.60. The van der Waals surface area contributed by atoms with Crippen LogP contribution < -0.4 is 10.2 Å². The van der Waals surface area contributed by atoms with Crippen LogP contribution in [-0.2, 0) is 4.79 Å². The zero-order valence-corrected chi connectivity index (χ0v) is 15.6. The lowest BCUT2D eigenvalue weighted by Gasteiger charge is -2.05. The first-order valence-electron chi connectivity index (χ1n) is 7.83. The van der Waals surface area contributed by atoms with Crippen LogP contribution in [0.4, 0.5) is 0 Å². The fourth-order valence-corrected chi connectivity index (χ4v) is 3.03. The molecule has 0 saturated carbocycles. The first kappa shape index (κ1) is 18.1. The molecule has 0 atom stereocenters. The molecule has 0 unspecified atom stereocenters. The second-order valence-electron chi connectivity index (χ2n) is 5.48. The summed E-state index contributed by atoms with van der Waals surface area (Å²) in [5, 5.41) is 7.32. The molecular formula is C19H16ClN3O2S. The summed E-state index contributed by atoms with van der Waals surface area (Å²) in [7, 11) is 0. The van der Waals surface area contributed by atoms with Gasteiger partial charge in [0.2, 0.25) is 0 Å². The number of nitrogens with zero attached hydrogens (tertiary/aromatic N) is 2. The van der Waals surface area contributed by atoms with Gasteiger partial charge in [-0.05, 0) is 36.8 Å². The van der Waals surface area contributed by atoms with Crippen LogP contribution in [0.25, 0.3) is 10.6 Å². The Morgan fingerprint density at radius 2 is 2.12 bits per heavy atom. The average molecular weight is 386 g/mol. The van der Waals surface area contributed by atoms with Crippen LogP contribution in [0.15, 0.2) is 59.0 Å². The van der Waals surface area contributed by atoms with Crippen LogP contribution in [0.3, 0.4) is 0 Å². The molecule has 7 heteroatoms. The first-order chi connectivity index (χ1) is 12.6. The van der Waals surface area contributed by atoms with Gasteiger partial charge in [-0.15, -0.1) is 11.3 Å². The van der Waals surface area contributed by atoms with E-state index in [1.807, 2.05) is 54.8 Å². The van der Waals surface area contributed by atoms with Gasteiger partial charge in [-0.3, -0.25) is 4.79 Å². The Balaban J connectivity index is 1.50. The van der Waals surface area contributed by atoms with Crippen molar-refractivity contribution in [2.24, 2.45) is 5.10 Å². The Bertz CT molecular complexity index is 923. The minimum absolute atomic E-state index is 0.103. The molecule has 26 heavy (non-hydrogen) atoms. The average Bonchev–Trinajstić information content (AvgIpc) is 3.09. The summed E-state index contributed by atoms with van der Waals surface area (Å²) in [4.78, 5) is 16.2. The Morgan fingerprint density at radius 1 is 1.31 bits per heavy atom. The third kappa shape index (κ3) is 5.15. The molecule has 0 spiro atoms. The molecule has 0 aliphatic rings. The molecule has 0 saturated heterocycles. The molecule has 1 amide bonds. The summed E-state index contributed by atoms with van der Waals surface area (Å²) in [6.07, 6.45) is 1.50. The minimum atomic E-state index is -0.337. The smallest absolute Gasteiger partial charge is 0.277 e. The summed E-state index contributed by atoms with van der Waals surface area (Å²) in [5.74, 6) is 0.312. The SMILES string of the molecule is Cc1cccc(OCC(=O)N/N=C\c2csc(-c3ccc(Cl)cc3)n2)c1. The summed E-state index contributed by atoms with van der Waals surface area (Å²) in [6, 6.07) is 15.0. The molecule has 0 bridgehead atoms. The number of hydrogen-bond donors (Lipinski definition) is 1. The van der Waals surface area contributed by atoms with Gasteiger partial charge in [0.25, 0.3) is 5.91 Å². The maximum absolute atomic E-state index is 11.8. The number of ether oxygens (including phenoxy) is 1. The molecular weight excluding hydrogens is 370 g/mol. The third-order valence-corrected chi connectivity index (χ3v) is 4.52. The Hall–Kier alpha value is -2.70. The van der Waals surface area contributed by atoms with E-state index in [1.54, 1.807) is 6.07 Å². The Morgan fingerprint density at radius 3 is 2.88 bits per heavy atom. The normalized spacial score (nSPS) is 10.8. The predicted molar refractivity (Wildman–Crippen MR) is 105 cm³/mol. The molecule has 3 aromatic rings. The van der Waals surface area contributed by atoms with Crippen molar-refractivity contribution in [3.8, 4) is 16.3 Å². The number of aryl methyl sites for hydroxylation is 1. The topological polar surface area (TPSA) is 63.6 Å². The molecule has 1 heterocycles. The Labute approximate surface area is 160 Å². The first-order valence-corrected chi connectivity index (χ1v) is 9.09. The number of amides is 1. The summed E-state index contributed by atoms with van der Waals surface area (Å²) < 4.78 is 5.41. The third-order valence-electron chi connectivity index (χ3n) is 3.36. The number of benzene rings is 2. The molecule has 0 aliphatic heterocycles. The van der Waals surface area contributed by atoms with Crippen LogP contribution in [0.1, 0.15) is 11.3 Å². The lowest BCUT2D eigenvalue weighted by atomic mass is 10.2. The van der Waals surface area contributed by atoms with Crippen molar-refractivity contribution in [2.45, 2.75) is 6.92 Å². The van der Waals surface area contributed by atoms with E-state index < -0.39 is 0 Å². The van der Waals surface area contributed by atoms with Gasteiger partial charge in [0.1, 0.15) is 10.8 Å². The number of hydrazone groups is 1. The van der Waals surface area contributed by atoms with Gasteiger partial charge < -0.3 is 4.74 Å². The highest BCUT2D eigenvalue weighted by Gasteiger charge is 2.04. The predicted octanol–water partition coefficient (Wildman–Crippen LogP) is 4.30. The van der Waals surface area contributed by atoms with Gasteiger partial charge in [-0.2, -0.15) is 5.10 Å². The number of aromatic nitrogens is 1. The fourth-order valence-electron chi connectivity index (χ4n) is 2.13. The molecule has 0 fully saturated rings. The number of thiazole rings is 1. The lowest BCUT2D eigenvalue weighted by molar-refractivity contribution is -0.123. The van der Waals surface area contributed by atoms with E-state index in [4.69, 9.17) is 16.3 Å². The van der Waals surface area contributed by atoms with Crippen molar-refractivity contribution in [1.29, 1.82) is 0 Å². The van der Waals surface area contributed by atoms with Crippen molar-refractivity contribution in [1.82, 2.24) is 10.4 Å². The van der Waals surface area contributed by atoms with E-state index in [0.717, 1.165) is 16.1 Å². The number of hydrogen-bond acceptors (Lipinski definition) is 5. The van der Waals surface area contributed by atoms with Gasteiger partial charge in [-0.25, -0.2) is 10.4 Å². The van der Waals surface area contributed by atoms with E-state index >= 15 is 0 Å². The van der Waals surface area contributed by atoms with E-state index in [-0.39, 0.29) is 12.5 Å². The summed E-state index contributed by atoms with van der Waals surface area (Å²) in [6.45, 7) is 1.86. The number of carbonyl (C=O) groups is 1. The quantitative estimate of drug-likeness (QED) is 0.508. The number of nitrogens with one attached hydrogen (secondary N) is 1. The number of rotatable bonds is 6. The van der Waals surface area contributed by atoms with E-state index in [2.05, 4.69) is 15.5 Å². The number of halogens is 1. The van der Waals surface area contributed by atoms with Gasteiger partial charge in [0, 0.05) is 16.0 Å². The van der Waals surface area contributed by atoms with Gasteiger partial charge in [0.15, 0.2) is 6.61 Å². The van der Waals surface area contributed by atoms with Gasteiger partial charge in [0.05, 0.1) is 11.9 Å². The van der Waals surface area contributed by atoms with Crippen molar-refractivity contribution >= 4 is 35.1 Å². The van der Waals surface area contributed by atoms with Crippen molar-refractivity contribution in [3.63, 3.8) is 0 Å². The summed E-state index contributed by atoms with van der Waals surface area (Å²) in [5.41, 5.74) is 5.14. The zero-order chi connectivity index (χ0) is 18.4. The van der Waals surface area contributed by atoms with Crippen LogP contribution >= 0.6 is 22.9 Å². The highest BCUT2D eigenvalue weighted by atomic mass is 35.5. The van der Waals surface area contributed by atoms with Crippen LogP contribution in [0.2, 0.25) is 5.02 Å². The van der Waals surface area contributed by atoms with Crippen molar-refractivity contribution in [2.75, 3.05) is 6.61 Å². The van der Waals surface area contributed by atoms with E-state index in [9.17, 15) is 4.79 Å². The molecule has 1 N–H and O–H groups in total. The maximum Gasteiger partial charge on any atom is 0.277 e. The highest BCUT2D eigenvalue weighted by Crippen LogP contribution is 2.24. The highest BCUT2D eigenvalue weighted by molar-refractivity contribution is 7.13. The molecule has 2 aromatic carbocycles. The standard InChI is InChI=1S/C19H16ClN3O2S/c1-13-3-2-4-17(9-13)25-11-18(24)23-21-10-16-12-26-19(22-16)14-5-7-15(20)8-6-14/h2-10,12H,11H2,1H3,(H,23,24)/b21-10-. The second-order valence-corrected chi connectivity index (χ2v) is 6.78. The zero-order valence-electron chi connectivity index (χ0n) is 14.0. The van der Waals surface area contributed by atoms with E-state index in [1.165, 1.54) is 17.6 Å². The maximum atomic E-state index is 11.8. The van der Waals surface area contributed by atoms with Crippen molar-refractivity contribution in [3.05, 3.63) is 70.2 Å². The van der Waals surface area contributed by atoms with Crippen LogP contribution in [0.5, 0.6) is 5.75 Å². The molecule has 0 radical (unpaired) electrons. The molecule has 5 nitrogen and oxygen atoms in total. The minimum Gasteiger partial charge on any atom is -0.484 e. The van der Waals surface area contributed by atoms with Crippen LogP contribution in [-0.4, -0.2) is 23.7 Å². The molecule has 0 aliphatic carbocycles. The van der Waals surface area contributed by atoms with Gasteiger partial charge in [-0.1, -0.05) is 35.9 Å². The van der Waals surface area contributed by atoms with E-state index in [0.29, 0.717) is 16.5 Å². The summed E-state index contributed by atoms with van der Waals surface area (Å²) >= 11 is 7.38.